The lowest BCUT2D eigenvalue weighted by molar-refractivity contribution is 0.479. The fourth-order valence-corrected chi connectivity index (χ4v) is 3.72. The highest BCUT2D eigenvalue weighted by Gasteiger charge is 2.26. The summed E-state index contributed by atoms with van der Waals surface area (Å²) < 4.78 is 13.2. The summed E-state index contributed by atoms with van der Waals surface area (Å²) in [6, 6.07) is 4.30. The summed E-state index contributed by atoms with van der Waals surface area (Å²) in [5.74, 6) is 0.378. The number of hydrogen-bond acceptors (Lipinski definition) is 3. The molecule has 104 valence electrons. The first-order valence-corrected chi connectivity index (χ1v) is 7.83. The summed E-state index contributed by atoms with van der Waals surface area (Å²) in [6.07, 6.45) is 2.33. The zero-order valence-corrected chi connectivity index (χ0v) is 12.7. The topological polar surface area (TPSA) is 24.4 Å². The zero-order chi connectivity index (χ0) is 13.8. The van der Waals surface area contributed by atoms with E-state index in [9.17, 15) is 4.39 Å². The lowest BCUT2D eigenvalue weighted by Crippen LogP contribution is -2.17. The van der Waals surface area contributed by atoms with Gasteiger partial charge in [-0.05, 0) is 24.1 Å². The second kappa shape index (κ2) is 6.62. The maximum absolute atomic E-state index is 13.2. The van der Waals surface area contributed by atoms with E-state index in [-0.39, 0.29) is 5.82 Å². The molecule has 0 bridgehead atoms. The van der Waals surface area contributed by atoms with Gasteiger partial charge in [0, 0.05) is 5.25 Å². The summed E-state index contributed by atoms with van der Waals surface area (Å²) in [4.78, 5) is 4.49. The molecule has 1 atom stereocenters. The molecule has 19 heavy (non-hydrogen) atoms. The van der Waals surface area contributed by atoms with Gasteiger partial charge in [-0.3, -0.25) is 4.99 Å². The third-order valence-corrected chi connectivity index (χ3v) is 5.04. The molecule has 1 unspecified atom stereocenters. The van der Waals surface area contributed by atoms with Crippen LogP contribution >= 0.6 is 23.4 Å². The lowest BCUT2D eigenvalue weighted by atomic mass is 9.99. The molecule has 0 aromatic heterocycles. The number of aliphatic imine (C=N–C) groups is 1. The molecule has 2 nitrogen and oxygen atoms in total. The fraction of sp³-hybridized carbons (Fsp3) is 0.500. The van der Waals surface area contributed by atoms with E-state index in [0.717, 1.165) is 24.6 Å². The molecule has 1 aliphatic heterocycles. The van der Waals surface area contributed by atoms with Crippen LogP contribution in [0.2, 0.25) is 5.02 Å². The first-order chi connectivity index (χ1) is 9.13. The van der Waals surface area contributed by atoms with E-state index in [0.29, 0.717) is 21.9 Å². The minimum atomic E-state index is -0.299. The number of rotatable bonds is 4. The Balaban J connectivity index is 2.00. The van der Waals surface area contributed by atoms with Crippen LogP contribution in [0.4, 0.5) is 10.1 Å². The van der Waals surface area contributed by atoms with Gasteiger partial charge in [0.05, 0.1) is 17.3 Å². The number of hydrogen-bond donors (Lipinski definition) is 1. The predicted octanol–water partition coefficient (Wildman–Crippen LogP) is 4.80. The van der Waals surface area contributed by atoms with Gasteiger partial charge in [0.1, 0.15) is 5.82 Å². The summed E-state index contributed by atoms with van der Waals surface area (Å²) >= 11 is 7.77. The van der Waals surface area contributed by atoms with Crippen LogP contribution in [0.25, 0.3) is 0 Å². The van der Waals surface area contributed by atoms with Crippen molar-refractivity contribution in [3.63, 3.8) is 0 Å². The first-order valence-electron chi connectivity index (χ1n) is 6.57. The minimum absolute atomic E-state index is 0.299. The van der Waals surface area contributed by atoms with Gasteiger partial charge in [-0.15, -0.1) is 0 Å². The van der Waals surface area contributed by atoms with E-state index in [2.05, 4.69) is 24.2 Å². The van der Waals surface area contributed by atoms with Gasteiger partial charge in [-0.25, -0.2) is 4.39 Å². The van der Waals surface area contributed by atoms with Crippen molar-refractivity contribution in [2.45, 2.75) is 31.9 Å². The van der Waals surface area contributed by atoms with Crippen LogP contribution in [-0.4, -0.2) is 17.0 Å². The van der Waals surface area contributed by atoms with Crippen LogP contribution in [-0.2, 0) is 0 Å². The van der Waals surface area contributed by atoms with Crippen molar-refractivity contribution in [3.8, 4) is 0 Å². The van der Waals surface area contributed by atoms with E-state index >= 15 is 0 Å². The Labute approximate surface area is 122 Å². The highest BCUT2D eigenvalue weighted by Crippen LogP contribution is 2.32. The smallest absolute Gasteiger partial charge is 0.161 e. The molecule has 1 aliphatic rings. The van der Waals surface area contributed by atoms with Crippen molar-refractivity contribution < 1.29 is 4.39 Å². The number of halogens is 2. The average Bonchev–Trinajstić information content (AvgIpc) is 2.84. The molecule has 1 heterocycles. The van der Waals surface area contributed by atoms with E-state index in [1.807, 2.05) is 0 Å². The van der Waals surface area contributed by atoms with Gasteiger partial charge in [-0.1, -0.05) is 50.1 Å². The van der Waals surface area contributed by atoms with Crippen molar-refractivity contribution >= 4 is 34.2 Å². The SMILES string of the molecule is CCC(CC)C1CN=C(Nc2cc(F)ccc2Cl)S1. The van der Waals surface area contributed by atoms with Crippen molar-refractivity contribution in [2.24, 2.45) is 10.9 Å². The lowest BCUT2D eigenvalue weighted by Gasteiger charge is -2.18. The Morgan fingerprint density at radius 3 is 2.89 bits per heavy atom. The van der Waals surface area contributed by atoms with Crippen molar-refractivity contribution in [3.05, 3.63) is 29.0 Å². The second-order valence-electron chi connectivity index (χ2n) is 4.63. The summed E-state index contributed by atoms with van der Waals surface area (Å²) in [5.41, 5.74) is 0.582. The van der Waals surface area contributed by atoms with Crippen LogP contribution < -0.4 is 5.32 Å². The number of nitrogens with one attached hydrogen (secondary N) is 1. The van der Waals surface area contributed by atoms with E-state index < -0.39 is 0 Å². The van der Waals surface area contributed by atoms with Gasteiger partial charge in [0.25, 0.3) is 0 Å². The van der Waals surface area contributed by atoms with Gasteiger partial charge in [-0.2, -0.15) is 0 Å². The maximum atomic E-state index is 13.2. The summed E-state index contributed by atoms with van der Waals surface area (Å²) in [5, 5.41) is 4.99. The third-order valence-electron chi connectivity index (χ3n) is 3.42. The Bertz CT molecular complexity index is 475. The molecule has 0 saturated carbocycles. The van der Waals surface area contributed by atoms with E-state index in [4.69, 9.17) is 11.6 Å². The normalized spacial score (nSPS) is 18.8. The number of benzene rings is 1. The minimum Gasteiger partial charge on any atom is -0.334 e. The Kier molecular flexibility index (Phi) is 5.11. The molecular weight excluding hydrogens is 283 g/mol. The summed E-state index contributed by atoms with van der Waals surface area (Å²) in [7, 11) is 0. The number of thioether (sulfide) groups is 1. The third kappa shape index (κ3) is 3.63. The molecule has 0 fully saturated rings. The van der Waals surface area contributed by atoms with Crippen LogP contribution in [0, 0.1) is 11.7 Å². The molecule has 0 radical (unpaired) electrons. The number of nitrogens with zero attached hydrogens (tertiary/aromatic N) is 1. The van der Waals surface area contributed by atoms with Crippen molar-refractivity contribution in [2.75, 3.05) is 11.9 Å². The van der Waals surface area contributed by atoms with Gasteiger partial charge in [0.15, 0.2) is 5.17 Å². The Morgan fingerprint density at radius 1 is 1.47 bits per heavy atom. The van der Waals surface area contributed by atoms with Crippen molar-refractivity contribution in [1.29, 1.82) is 0 Å². The highest BCUT2D eigenvalue weighted by atomic mass is 35.5. The molecule has 0 amide bonds. The first kappa shape index (κ1) is 14.7. The van der Waals surface area contributed by atoms with Gasteiger partial charge in [0.2, 0.25) is 0 Å². The second-order valence-corrected chi connectivity index (χ2v) is 6.26. The zero-order valence-electron chi connectivity index (χ0n) is 11.1. The fourth-order valence-electron chi connectivity index (χ4n) is 2.23. The summed E-state index contributed by atoms with van der Waals surface area (Å²) in [6.45, 7) is 5.25. The van der Waals surface area contributed by atoms with Gasteiger partial charge < -0.3 is 5.32 Å². The van der Waals surface area contributed by atoms with Crippen LogP contribution in [0.1, 0.15) is 26.7 Å². The van der Waals surface area contributed by atoms with Crippen molar-refractivity contribution in [1.82, 2.24) is 0 Å². The van der Waals surface area contributed by atoms with Crippen LogP contribution in [0.15, 0.2) is 23.2 Å². The predicted molar refractivity (Wildman–Crippen MR) is 82.8 cm³/mol. The quantitative estimate of drug-likeness (QED) is 0.864. The molecular formula is C14H18ClFN2S. The molecule has 1 N–H and O–H groups in total. The molecule has 2 rings (SSSR count). The largest absolute Gasteiger partial charge is 0.334 e. The standard InChI is InChI=1S/C14H18ClFN2S/c1-3-9(4-2)13-8-17-14(19-13)18-12-7-10(16)5-6-11(12)15/h5-7,9,13H,3-4,8H2,1-2H3,(H,17,18). The number of anilines is 1. The Morgan fingerprint density at radius 2 is 2.21 bits per heavy atom. The molecule has 0 aliphatic carbocycles. The number of amidine groups is 1. The molecule has 1 aromatic rings. The molecule has 5 heteroatoms. The van der Waals surface area contributed by atoms with E-state index in [1.165, 1.54) is 12.1 Å². The highest BCUT2D eigenvalue weighted by molar-refractivity contribution is 8.15. The maximum Gasteiger partial charge on any atom is 0.161 e. The average molecular weight is 301 g/mol. The van der Waals surface area contributed by atoms with Crippen LogP contribution in [0.5, 0.6) is 0 Å². The molecule has 0 spiro atoms. The van der Waals surface area contributed by atoms with E-state index in [1.54, 1.807) is 17.8 Å². The van der Waals surface area contributed by atoms with Gasteiger partial charge >= 0.3 is 0 Å². The molecule has 1 aromatic carbocycles. The van der Waals surface area contributed by atoms with Crippen LogP contribution in [0.3, 0.4) is 0 Å². The monoisotopic (exact) mass is 300 g/mol. The molecule has 0 saturated heterocycles. The Hall–Kier alpha value is -0.740.